The van der Waals surface area contributed by atoms with E-state index in [1.807, 2.05) is 18.2 Å². The Bertz CT molecular complexity index is 2300. The van der Waals surface area contributed by atoms with Crippen LogP contribution in [0, 0.1) is 0 Å². The van der Waals surface area contributed by atoms with Crippen LogP contribution in [-0.2, 0) is 5.41 Å². The minimum absolute atomic E-state index is 0.279. The number of hydrogen-bond acceptors (Lipinski definition) is 3. The second kappa shape index (κ2) is 8.76. The molecule has 4 heteroatoms. The van der Waals surface area contributed by atoms with Crippen LogP contribution < -0.4 is 0 Å². The van der Waals surface area contributed by atoms with Crippen LogP contribution in [0.3, 0.4) is 0 Å². The summed E-state index contributed by atoms with van der Waals surface area (Å²) in [6.07, 6.45) is 0. The predicted molar refractivity (Wildman–Crippen MR) is 175 cm³/mol. The fraction of sp³-hybridized carbons (Fsp3) is 0.0769. The van der Waals surface area contributed by atoms with Gasteiger partial charge in [0.25, 0.3) is 0 Å². The van der Waals surface area contributed by atoms with Crippen LogP contribution in [0.1, 0.15) is 25.2 Å². The van der Waals surface area contributed by atoms with Gasteiger partial charge in [0, 0.05) is 32.8 Å². The van der Waals surface area contributed by atoms with Gasteiger partial charge < -0.3 is 8.98 Å². The maximum atomic E-state index is 6.57. The van der Waals surface area contributed by atoms with Gasteiger partial charge in [-0.1, -0.05) is 91.0 Å². The number of rotatable bonds is 3. The molecule has 0 radical (unpaired) electrons. The summed E-state index contributed by atoms with van der Waals surface area (Å²) in [7, 11) is 0. The van der Waals surface area contributed by atoms with Crippen LogP contribution in [0.4, 0.5) is 0 Å². The second-order valence-electron chi connectivity index (χ2n) is 11.9. The van der Waals surface area contributed by atoms with Crippen molar-refractivity contribution in [2.45, 2.75) is 19.3 Å². The van der Waals surface area contributed by atoms with Crippen molar-refractivity contribution in [3.63, 3.8) is 0 Å². The molecule has 4 heterocycles. The number of aromatic nitrogens is 3. The van der Waals surface area contributed by atoms with E-state index in [1.54, 1.807) is 0 Å². The van der Waals surface area contributed by atoms with E-state index in [9.17, 15) is 0 Å². The van der Waals surface area contributed by atoms with Crippen molar-refractivity contribution in [1.29, 1.82) is 0 Å². The highest BCUT2D eigenvalue weighted by molar-refractivity contribution is 6.14. The van der Waals surface area contributed by atoms with E-state index in [2.05, 4.69) is 128 Å². The molecule has 0 aliphatic carbocycles. The van der Waals surface area contributed by atoms with Gasteiger partial charge >= 0.3 is 0 Å². The van der Waals surface area contributed by atoms with E-state index in [0.717, 1.165) is 56.0 Å². The first-order valence-electron chi connectivity index (χ1n) is 14.7. The predicted octanol–water partition coefficient (Wildman–Crippen LogP) is 9.96. The van der Waals surface area contributed by atoms with Gasteiger partial charge in [-0.15, -0.1) is 0 Å². The molecule has 0 N–H and O–H groups in total. The summed E-state index contributed by atoms with van der Waals surface area (Å²) >= 11 is 0. The molecule has 0 amide bonds. The minimum Gasteiger partial charge on any atom is -0.458 e. The molecule has 8 aromatic rings. The van der Waals surface area contributed by atoms with E-state index < -0.39 is 0 Å². The molecule has 0 saturated carbocycles. The summed E-state index contributed by atoms with van der Waals surface area (Å²) in [5.41, 5.74) is 10.4. The van der Waals surface area contributed by atoms with Gasteiger partial charge in [-0.3, -0.25) is 0 Å². The van der Waals surface area contributed by atoms with Crippen molar-refractivity contribution < 1.29 is 4.42 Å². The van der Waals surface area contributed by atoms with Crippen molar-refractivity contribution in [3.05, 3.63) is 139 Å². The van der Waals surface area contributed by atoms with E-state index in [4.69, 9.17) is 14.4 Å². The molecule has 0 spiro atoms. The first kappa shape index (κ1) is 24.2. The quantitative estimate of drug-likeness (QED) is 0.219. The van der Waals surface area contributed by atoms with Crippen LogP contribution >= 0.6 is 0 Å². The third-order valence-electron chi connectivity index (χ3n) is 8.94. The van der Waals surface area contributed by atoms with Crippen LogP contribution in [-0.4, -0.2) is 14.5 Å². The summed E-state index contributed by atoms with van der Waals surface area (Å²) in [4.78, 5) is 10.2. The molecule has 0 fully saturated rings. The molecule has 0 unspecified atom stereocenters. The molecule has 43 heavy (non-hydrogen) atoms. The largest absolute Gasteiger partial charge is 0.458 e. The lowest BCUT2D eigenvalue weighted by molar-refractivity contribution is 0.448. The number of para-hydroxylation sites is 2. The van der Waals surface area contributed by atoms with E-state index in [0.29, 0.717) is 5.82 Å². The highest BCUT2D eigenvalue weighted by Crippen LogP contribution is 2.50. The molecule has 0 atom stereocenters. The summed E-state index contributed by atoms with van der Waals surface area (Å²) < 4.78 is 8.98. The average molecular weight is 554 g/mol. The molecule has 5 aromatic carbocycles. The lowest BCUT2D eigenvalue weighted by Gasteiger charge is -2.30. The molecule has 0 bridgehead atoms. The Labute approximate surface area is 248 Å². The summed E-state index contributed by atoms with van der Waals surface area (Å²) in [5, 5.41) is 3.54. The molecular formula is C39H27N3O. The van der Waals surface area contributed by atoms with Crippen LogP contribution in [0.25, 0.3) is 72.4 Å². The van der Waals surface area contributed by atoms with Crippen LogP contribution in [0.2, 0.25) is 0 Å². The first-order chi connectivity index (χ1) is 21.1. The Hall–Kier alpha value is -5.48. The van der Waals surface area contributed by atoms with Gasteiger partial charge in [0.2, 0.25) is 0 Å². The maximum Gasteiger partial charge on any atom is 0.160 e. The topological polar surface area (TPSA) is 43.9 Å². The third-order valence-corrected chi connectivity index (χ3v) is 8.94. The van der Waals surface area contributed by atoms with Crippen molar-refractivity contribution in [2.24, 2.45) is 0 Å². The fourth-order valence-corrected chi connectivity index (χ4v) is 6.83. The molecule has 1 aliphatic rings. The number of nitrogens with zero attached hydrogens (tertiary/aromatic N) is 3. The first-order valence-corrected chi connectivity index (χ1v) is 14.7. The number of fused-ring (bicyclic) bond motifs is 7. The summed E-state index contributed by atoms with van der Waals surface area (Å²) in [6.45, 7) is 4.53. The highest BCUT2D eigenvalue weighted by atomic mass is 16.3. The van der Waals surface area contributed by atoms with Crippen molar-refractivity contribution >= 4 is 32.8 Å². The zero-order valence-corrected chi connectivity index (χ0v) is 23.9. The lowest BCUT2D eigenvalue weighted by Crippen LogP contribution is -2.25. The molecule has 3 aromatic heterocycles. The lowest BCUT2D eigenvalue weighted by atomic mass is 9.78. The van der Waals surface area contributed by atoms with Crippen molar-refractivity contribution in [2.75, 3.05) is 0 Å². The Morgan fingerprint density at radius 2 is 1.23 bits per heavy atom. The standard InChI is InChI=1S/C39H27N3O/c1-39(2)30-18-11-17-27-29-22-26(20-21-33(29)42(35(27)30)36-28-16-9-10-19-34(28)43-37(36)39)38-40-31(24-12-5-3-6-13-24)23-32(41-38)25-14-7-4-8-15-25/h3-23H,1-2H3. The second-order valence-corrected chi connectivity index (χ2v) is 11.9. The number of hydrogen-bond donors (Lipinski definition) is 0. The van der Waals surface area contributed by atoms with E-state index in [1.165, 1.54) is 21.9 Å². The van der Waals surface area contributed by atoms with Gasteiger partial charge in [-0.2, -0.15) is 0 Å². The van der Waals surface area contributed by atoms with Gasteiger partial charge in [-0.05, 0) is 55.8 Å². The zero-order chi connectivity index (χ0) is 28.7. The summed E-state index contributed by atoms with van der Waals surface area (Å²) in [5.74, 6) is 1.71. The van der Waals surface area contributed by atoms with Crippen LogP contribution in [0.5, 0.6) is 0 Å². The van der Waals surface area contributed by atoms with Gasteiger partial charge in [-0.25, -0.2) is 9.97 Å². The van der Waals surface area contributed by atoms with Gasteiger partial charge in [0.15, 0.2) is 5.82 Å². The Morgan fingerprint density at radius 3 is 1.95 bits per heavy atom. The molecule has 204 valence electrons. The smallest absolute Gasteiger partial charge is 0.160 e. The van der Waals surface area contributed by atoms with Crippen LogP contribution in [0.15, 0.2) is 132 Å². The maximum absolute atomic E-state index is 6.57. The molecule has 9 rings (SSSR count). The zero-order valence-electron chi connectivity index (χ0n) is 23.9. The summed E-state index contributed by atoms with van der Waals surface area (Å²) in [6, 6.07) is 44.4. The Kier molecular flexibility index (Phi) is 4.92. The highest BCUT2D eigenvalue weighted by Gasteiger charge is 2.39. The number of furan rings is 1. The average Bonchev–Trinajstić information content (AvgIpc) is 3.61. The van der Waals surface area contributed by atoms with Crippen molar-refractivity contribution in [1.82, 2.24) is 14.5 Å². The number of benzene rings is 5. The molecular weight excluding hydrogens is 526 g/mol. The van der Waals surface area contributed by atoms with E-state index >= 15 is 0 Å². The fourth-order valence-electron chi connectivity index (χ4n) is 6.83. The van der Waals surface area contributed by atoms with E-state index in [-0.39, 0.29) is 5.41 Å². The third kappa shape index (κ3) is 3.44. The Morgan fingerprint density at radius 1 is 0.581 bits per heavy atom. The monoisotopic (exact) mass is 553 g/mol. The normalized spacial score (nSPS) is 13.5. The molecule has 1 aliphatic heterocycles. The van der Waals surface area contributed by atoms with Gasteiger partial charge in [0.1, 0.15) is 11.3 Å². The SMILES string of the molecule is CC1(C)c2oc3ccccc3c2-n2c3ccc(-c4nc(-c5ccccc5)cc(-c5ccccc5)n4)cc3c3cccc1c32. The minimum atomic E-state index is -0.279. The molecule has 4 nitrogen and oxygen atoms in total. The molecule has 0 saturated heterocycles. The Balaban J connectivity index is 1.33. The van der Waals surface area contributed by atoms with Crippen molar-refractivity contribution in [3.8, 4) is 39.6 Å². The van der Waals surface area contributed by atoms with Gasteiger partial charge in [0.05, 0.1) is 33.5 Å².